The van der Waals surface area contributed by atoms with Crippen LogP contribution in [0.5, 0.6) is 11.5 Å². The number of hydrogen-bond acceptors (Lipinski definition) is 6. The molecule has 0 saturated carbocycles. The van der Waals surface area contributed by atoms with Crippen LogP contribution in [0.25, 0.3) is 11.4 Å². The molecule has 1 aromatic carbocycles. The predicted molar refractivity (Wildman–Crippen MR) is 110 cm³/mol. The van der Waals surface area contributed by atoms with E-state index >= 15 is 0 Å². The van der Waals surface area contributed by atoms with Crippen molar-refractivity contribution in [2.24, 2.45) is 0 Å². The molecule has 0 unspecified atom stereocenters. The van der Waals surface area contributed by atoms with Gasteiger partial charge in [-0.1, -0.05) is 6.07 Å². The minimum atomic E-state index is -2.91. The lowest BCUT2D eigenvalue weighted by Crippen LogP contribution is -2.26. The van der Waals surface area contributed by atoms with Crippen LogP contribution in [-0.4, -0.2) is 46.7 Å². The molecule has 3 heterocycles. The van der Waals surface area contributed by atoms with Crippen molar-refractivity contribution in [1.82, 2.24) is 19.9 Å². The van der Waals surface area contributed by atoms with Gasteiger partial charge in [0.2, 0.25) is 0 Å². The summed E-state index contributed by atoms with van der Waals surface area (Å²) in [4.78, 5) is 26.5. The average Bonchev–Trinajstić information content (AvgIpc) is 2.98. The van der Waals surface area contributed by atoms with Crippen LogP contribution in [0.2, 0.25) is 0 Å². The largest absolute Gasteiger partial charge is 0.493 e. The van der Waals surface area contributed by atoms with Gasteiger partial charge >= 0.3 is 6.61 Å². The molecule has 0 radical (unpaired) electrons. The number of halogens is 2. The molecule has 3 aromatic rings. The van der Waals surface area contributed by atoms with Gasteiger partial charge in [-0.05, 0) is 36.2 Å². The van der Waals surface area contributed by atoms with E-state index in [-0.39, 0.29) is 17.1 Å². The zero-order valence-electron chi connectivity index (χ0n) is 17.0. The number of nitrogens with zero attached hydrogens (tertiary/aromatic N) is 3. The van der Waals surface area contributed by atoms with E-state index in [1.54, 1.807) is 30.6 Å². The third-order valence-electron chi connectivity index (χ3n) is 5.23. The number of pyridine rings is 1. The molecule has 0 amide bonds. The van der Waals surface area contributed by atoms with Gasteiger partial charge < -0.3 is 14.5 Å². The van der Waals surface area contributed by atoms with E-state index in [2.05, 4.69) is 24.6 Å². The van der Waals surface area contributed by atoms with Gasteiger partial charge in [0.05, 0.1) is 12.8 Å². The maximum Gasteiger partial charge on any atom is 0.387 e. The number of H-pyrrole nitrogens is 1. The van der Waals surface area contributed by atoms with Gasteiger partial charge in [0.25, 0.3) is 5.56 Å². The second-order valence-corrected chi connectivity index (χ2v) is 7.22. The summed E-state index contributed by atoms with van der Waals surface area (Å²) in [6.45, 7) is -0.923. The summed E-state index contributed by atoms with van der Waals surface area (Å²) < 4.78 is 34.7. The van der Waals surface area contributed by atoms with Gasteiger partial charge in [0, 0.05) is 49.6 Å². The molecular weight excluding hydrogens is 406 g/mol. The van der Waals surface area contributed by atoms with Crippen molar-refractivity contribution in [2.75, 3.05) is 20.2 Å². The molecule has 0 bridgehead atoms. The first-order valence-corrected chi connectivity index (χ1v) is 9.90. The molecule has 31 heavy (non-hydrogen) atoms. The summed E-state index contributed by atoms with van der Waals surface area (Å²) in [5.41, 5.74) is 3.04. The zero-order chi connectivity index (χ0) is 21.8. The molecular formula is C22H22F2N4O3. The van der Waals surface area contributed by atoms with Crippen molar-refractivity contribution in [3.05, 3.63) is 69.9 Å². The monoisotopic (exact) mass is 428 g/mol. The van der Waals surface area contributed by atoms with Gasteiger partial charge in [-0.15, -0.1) is 0 Å². The highest BCUT2D eigenvalue weighted by atomic mass is 19.3. The van der Waals surface area contributed by atoms with E-state index in [4.69, 9.17) is 4.74 Å². The van der Waals surface area contributed by atoms with Crippen molar-refractivity contribution < 1.29 is 18.3 Å². The summed E-state index contributed by atoms with van der Waals surface area (Å²) in [5, 5.41) is 0. The molecule has 0 fully saturated rings. The molecule has 1 aliphatic rings. The summed E-state index contributed by atoms with van der Waals surface area (Å²) in [6, 6.07) is 8.58. The summed E-state index contributed by atoms with van der Waals surface area (Å²) >= 11 is 0. The van der Waals surface area contributed by atoms with Crippen LogP contribution in [0.3, 0.4) is 0 Å². The highest BCUT2D eigenvalue weighted by Gasteiger charge is 2.20. The van der Waals surface area contributed by atoms with E-state index in [1.807, 2.05) is 6.07 Å². The Bertz CT molecular complexity index is 1110. The van der Waals surface area contributed by atoms with Crippen LogP contribution in [0.1, 0.15) is 16.8 Å². The van der Waals surface area contributed by atoms with Crippen LogP contribution in [0.4, 0.5) is 8.78 Å². The lowest BCUT2D eigenvalue weighted by molar-refractivity contribution is -0.0512. The fourth-order valence-corrected chi connectivity index (χ4v) is 3.71. The number of aromatic amines is 1. The Hall–Kier alpha value is -3.33. The number of aromatic nitrogens is 3. The van der Waals surface area contributed by atoms with E-state index in [1.165, 1.54) is 13.2 Å². The standard InChI is InChI=1S/C22H22F2N4O3/c1-30-19-11-14(4-5-18(19)31-22(23)24)13-28-9-6-16-17(7-10-28)26-20(27-21(16)29)15-3-2-8-25-12-15/h2-5,8,11-12,22H,6-7,9-10,13H2,1H3,(H,26,27,29). The smallest absolute Gasteiger partial charge is 0.387 e. The second kappa shape index (κ2) is 9.22. The van der Waals surface area contributed by atoms with Gasteiger partial charge in [0.15, 0.2) is 11.5 Å². The second-order valence-electron chi connectivity index (χ2n) is 7.22. The number of benzene rings is 1. The van der Waals surface area contributed by atoms with Crippen LogP contribution < -0.4 is 15.0 Å². The van der Waals surface area contributed by atoms with Crippen LogP contribution in [0.15, 0.2) is 47.5 Å². The maximum absolute atomic E-state index is 12.7. The Balaban J connectivity index is 1.50. The number of rotatable bonds is 6. The first kappa shape index (κ1) is 20.9. The van der Waals surface area contributed by atoms with Crippen molar-refractivity contribution >= 4 is 0 Å². The topological polar surface area (TPSA) is 80.3 Å². The number of alkyl halides is 2. The summed E-state index contributed by atoms with van der Waals surface area (Å²) in [6.07, 6.45) is 4.55. The third kappa shape index (κ3) is 4.88. The van der Waals surface area contributed by atoms with Gasteiger partial charge in [-0.25, -0.2) is 4.98 Å². The van der Waals surface area contributed by atoms with Crippen LogP contribution >= 0.6 is 0 Å². The van der Waals surface area contributed by atoms with E-state index < -0.39 is 6.61 Å². The quantitative estimate of drug-likeness (QED) is 0.650. The number of fused-ring (bicyclic) bond motifs is 1. The first-order chi connectivity index (χ1) is 15.0. The maximum atomic E-state index is 12.7. The predicted octanol–water partition coefficient (Wildman–Crippen LogP) is 3.04. The van der Waals surface area contributed by atoms with Crippen molar-refractivity contribution in [2.45, 2.75) is 26.0 Å². The Labute approximate surface area is 177 Å². The third-order valence-corrected chi connectivity index (χ3v) is 5.23. The highest BCUT2D eigenvalue weighted by Crippen LogP contribution is 2.30. The normalized spacial score (nSPS) is 14.2. The molecule has 0 saturated heterocycles. The van der Waals surface area contributed by atoms with Crippen LogP contribution in [-0.2, 0) is 19.4 Å². The first-order valence-electron chi connectivity index (χ1n) is 9.90. The van der Waals surface area contributed by atoms with E-state index in [0.717, 1.165) is 16.8 Å². The molecule has 7 nitrogen and oxygen atoms in total. The Morgan fingerprint density at radius 3 is 2.77 bits per heavy atom. The Morgan fingerprint density at radius 2 is 2.03 bits per heavy atom. The molecule has 2 aromatic heterocycles. The average molecular weight is 428 g/mol. The lowest BCUT2D eigenvalue weighted by atomic mass is 10.1. The number of nitrogens with one attached hydrogen (secondary N) is 1. The minimum Gasteiger partial charge on any atom is -0.493 e. The van der Waals surface area contributed by atoms with Crippen molar-refractivity contribution in [1.29, 1.82) is 0 Å². The number of ether oxygens (including phenoxy) is 2. The van der Waals surface area contributed by atoms with Crippen molar-refractivity contribution in [3.63, 3.8) is 0 Å². The van der Waals surface area contributed by atoms with Gasteiger partial charge in [0.1, 0.15) is 5.82 Å². The van der Waals surface area contributed by atoms with Gasteiger partial charge in [-0.2, -0.15) is 8.78 Å². The Kier molecular flexibility index (Phi) is 6.22. The summed E-state index contributed by atoms with van der Waals surface area (Å²) in [7, 11) is 1.41. The van der Waals surface area contributed by atoms with Crippen molar-refractivity contribution in [3.8, 4) is 22.9 Å². The molecule has 1 N–H and O–H groups in total. The fourth-order valence-electron chi connectivity index (χ4n) is 3.71. The molecule has 9 heteroatoms. The fraction of sp³-hybridized carbons (Fsp3) is 0.318. The highest BCUT2D eigenvalue weighted by molar-refractivity contribution is 5.53. The molecule has 4 rings (SSSR count). The lowest BCUT2D eigenvalue weighted by Gasteiger charge is -2.20. The van der Waals surface area contributed by atoms with Gasteiger partial charge in [-0.3, -0.25) is 14.7 Å². The molecule has 0 spiro atoms. The number of hydrogen-bond donors (Lipinski definition) is 1. The molecule has 0 aliphatic carbocycles. The molecule has 0 atom stereocenters. The number of methoxy groups -OCH3 is 1. The van der Waals surface area contributed by atoms with E-state index in [0.29, 0.717) is 43.9 Å². The SMILES string of the molecule is COc1cc(CN2CCc3nc(-c4cccnc4)[nH]c(=O)c3CC2)ccc1OC(F)F. The zero-order valence-corrected chi connectivity index (χ0v) is 17.0. The minimum absolute atomic E-state index is 0.00295. The van der Waals surface area contributed by atoms with Crippen LogP contribution in [0, 0.1) is 0 Å². The summed E-state index contributed by atoms with van der Waals surface area (Å²) in [5.74, 6) is 0.781. The Morgan fingerprint density at radius 1 is 1.19 bits per heavy atom. The molecule has 1 aliphatic heterocycles. The molecule has 162 valence electrons. The van der Waals surface area contributed by atoms with E-state index in [9.17, 15) is 13.6 Å².